The first-order valence-corrected chi connectivity index (χ1v) is 63.6. The molecule has 0 bridgehead atoms. The second-order valence-corrected chi connectivity index (χ2v) is 65.8. The summed E-state index contributed by atoms with van der Waals surface area (Å²) in [4.78, 5) is 57.2. The molecule has 5 saturated heterocycles. The van der Waals surface area contributed by atoms with Crippen LogP contribution in [0.2, 0.25) is 0 Å². The smallest absolute Gasteiger partial charge is 0.222 e. The van der Waals surface area contributed by atoms with Crippen molar-refractivity contribution >= 4 is 126 Å². The number of nitrogens with two attached hydrogens (primary N) is 4. The van der Waals surface area contributed by atoms with Gasteiger partial charge in [-0.3, -0.25) is 9.59 Å². The summed E-state index contributed by atoms with van der Waals surface area (Å²) in [6.07, 6.45) is 40.3. The second kappa shape index (κ2) is 50.0. The van der Waals surface area contributed by atoms with Crippen molar-refractivity contribution < 1.29 is 98.2 Å². The third-order valence-electron chi connectivity index (χ3n) is 23.7. The Hall–Kier alpha value is -7.66. The number of carbonyl (C=O) groups excluding carboxylic acids is 2. The Morgan fingerprint density at radius 1 is 0.384 bits per heavy atom. The Morgan fingerprint density at radius 2 is 0.674 bits per heavy atom. The van der Waals surface area contributed by atoms with Gasteiger partial charge in [0.05, 0.1) is 69.3 Å². The molecule has 0 unspecified atom stereocenters. The molecule has 23 atom stereocenters. The number of hydrogen-bond acceptors (Lipinski definition) is 36. The Balaban J connectivity index is 0.000000226. The summed E-state index contributed by atoms with van der Waals surface area (Å²) < 4.78 is 51.3. The van der Waals surface area contributed by atoms with Gasteiger partial charge in [-0.15, -0.1) is 79.1 Å². The van der Waals surface area contributed by atoms with Crippen molar-refractivity contribution in [1.82, 2.24) is 40.0 Å². The van der Waals surface area contributed by atoms with Crippen molar-refractivity contribution in [2.45, 2.75) is 194 Å². The number of rotatable bonds is 28. The van der Waals surface area contributed by atoms with Crippen LogP contribution in [0.15, 0.2) is 189 Å². The van der Waals surface area contributed by atoms with E-state index in [-0.39, 0.29) is 60.0 Å². The Bertz CT molecular complexity index is 5150. The number of aliphatic imine (C=N–C) groups is 6. The number of nitrogens with one attached hydrogen (secondary N) is 2. The molecule has 774 valence electrons. The van der Waals surface area contributed by atoms with E-state index in [9.17, 15) is 55.5 Å². The van der Waals surface area contributed by atoms with Crippen LogP contribution in [0.5, 0.6) is 0 Å². The molecule has 5 fully saturated rings. The quantitative estimate of drug-likeness (QED) is 0.0375. The van der Waals surface area contributed by atoms with Gasteiger partial charge in [-0.05, 0) is 185 Å². The van der Waals surface area contributed by atoms with Crippen LogP contribution in [-0.4, -0.2) is 440 Å². The maximum Gasteiger partial charge on any atom is 0.222 e. The SMILES string of the molecule is C=C1N=C(N)C(OC)=CN1[C@@H]1O[C@H](CCP(=C)(C)C)[C@@H](O)[C@H]1O.C=C1N=C(N)C(OC)=CN1[C@@H]1O[C@H](CCP(=C)(C)C)[C@@H](O)[C@H]1OC.C=C1N=C(N)C=CN1[C@@H]1C=C(CCP(=C)(C)C)[C@@H](O)[C@H]1O.C=C1N=C(N)C=CN1[C@@H]1O[C@H](CCP(=C)(C)C)[C@@H](O)[C@H]1C.C=C1N=C(NC(C)=O)C=CN1[C@@H]1O[C@H](CCP(=C)(C)C)[C@@H](O)[C@H]1O.C=C1N=C(NC(C)=O)C=CN1[C@@H]1O[C@H](CCP(=C)(C)C)[C@@H](O)[C@H]1OC. The van der Waals surface area contributed by atoms with Gasteiger partial charge in [-0.2, -0.15) is 0 Å². The average Bonchev–Trinajstić information content (AvgIpc) is 1.65. The minimum Gasteiger partial charge on any atom is -0.491 e. The molecule has 11 aliphatic heterocycles. The number of carbonyl (C=O) groups is 2. The van der Waals surface area contributed by atoms with Gasteiger partial charge in [-0.25, -0.2) is 30.0 Å². The lowest BCUT2D eigenvalue weighted by molar-refractivity contribution is -0.118. The van der Waals surface area contributed by atoms with E-state index < -0.39 is 146 Å². The molecule has 2 amide bonds. The largest absolute Gasteiger partial charge is 0.491 e. The first kappa shape index (κ1) is 117. The number of aliphatic hydroxyl groups is 9. The molecule has 38 nitrogen and oxygen atoms in total. The van der Waals surface area contributed by atoms with Crippen LogP contribution < -0.4 is 33.6 Å². The zero-order valence-electron chi connectivity index (χ0n) is 84.0. The van der Waals surface area contributed by atoms with Gasteiger partial charge in [-0.1, -0.05) is 52.5 Å². The summed E-state index contributed by atoms with van der Waals surface area (Å²) in [5, 5.41) is 98.5. The third kappa shape index (κ3) is 33.7. The molecule has 0 saturated carbocycles. The monoisotopic (exact) mass is 2050 g/mol. The number of amidine groups is 6. The zero-order valence-corrected chi connectivity index (χ0v) is 89.3. The molecule has 0 radical (unpaired) electrons. The van der Waals surface area contributed by atoms with Crippen molar-refractivity contribution in [2.75, 3.05) is 145 Å². The fourth-order valence-electron chi connectivity index (χ4n) is 16.0. The highest BCUT2D eigenvalue weighted by Gasteiger charge is 2.52. The number of methoxy groups -OCH3 is 4. The van der Waals surface area contributed by atoms with E-state index in [1.54, 1.807) is 89.1 Å². The Labute approximate surface area is 817 Å². The summed E-state index contributed by atoms with van der Waals surface area (Å²) in [5.74, 6) is 4.89. The lowest BCUT2D eigenvalue weighted by atomic mass is 10.00. The first-order chi connectivity index (χ1) is 63.9. The van der Waals surface area contributed by atoms with Gasteiger partial charge in [0.15, 0.2) is 48.1 Å². The molecule has 0 spiro atoms. The summed E-state index contributed by atoms with van der Waals surface area (Å²) in [7, 11) is 6.09. The number of amides is 2. The lowest BCUT2D eigenvalue weighted by Gasteiger charge is -2.32. The van der Waals surface area contributed by atoms with Gasteiger partial charge in [0.2, 0.25) is 11.8 Å². The van der Waals surface area contributed by atoms with Crippen molar-refractivity contribution in [2.24, 2.45) is 58.8 Å². The molecule has 44 heteroatoms. The van der Waals surface area contributed by atoms with Gasteiger partial charge in [0, 0.05) is 58.8 Å². The highest BCUT2D eigenvalue weighted by Crippen LogP contribution is 2.47. The van der Waals surface area contributed by atoms with E-state index in [2.05, 4.69) is 198 Å². The average molecular weight is 2050 g/mol. The molecule has 1 aliphatic carbocycles. The van der Waals surface area contributed by atoms with Crippen LogP contribution in [0.3, 0.4) is 0 Å². The Morgan fingerprint density at radius 3 is 1.01 bits per heavy atom. The molecule has 11 heterocycles. The van der Waals surface area contributed by atoms with Crippen LogP contribution in [0.25, 0.3) is 0 Å². The van der Waals surface area contributed by atoms with E-state index in [1.807, 2.05) is 24.1 Å². The fourth-order valence-corrected chi connectivity index (χ4v) is 21.6. The maximum absolute atomic E-state index is 11.1. The van der Waals surface area contributed by atoms with E-state index in [1.165, 1.54) is 33.0 Å². The second-order valence-electron chi connectivity index (χ2n) is 39.9. The van der Waals surface area contributed by atoms with Crippen molar-refractivity contribution in [1.29, 1.82) is 0 Å². The normalized spacial score (nSPS) is 31.0. The van der Waals surface area contributed by atoms with E-state index in [0.717, 1.165) is 68.2 Å². The van der Waals surface area contributed by atoms with Gasteiger partial charge < -0.3 is 152 Å². The molecular formula is C94H158N18O20P6. The Kier molecular flexibility index (Phi) is 42.5. The molecule has 0 aromatic carbocycles. The third-order valence-corrected chi connectivity index (χ3v) is 32.5. The van der Waals surface area contributed by atoms with E-state index in [4.69, 9.17) is 65.6 Å². The molecule has 0 aromatic rings. The minimum absolute atomic E-state index is 0.0165. The standard InChI is InChI=1S/C17H28N3O4P.C16H28N3O4P.C16H26N3O4P.C15H26N3O4P.C15H26N3O2P.C15H24N3O2P/c1-11-18-14(19-12(2)21)7-9-20(11)17-16(23-3)15(22)13(24-17)8-10-25(4,5)6;1-10-18-15(17)12(21-2)9-19(10)16-14(22-3)13(20)11(23-16)7-8-24(4,5)6;1-10-17-13(18-11(2)20)6-8-19(10)16-15(22)14(21)12(23-16)7-9-24(3,4)5;1-9-17-14(16)11(21-2)8-18(9)15-13(20)12(19)10(22-15)6-7-23(3,4)5;1-10-14(19)12(7-9-21(3,4)5)20-15(10)18-8-6-13(16)17-11(18)2;1-10-17-13(16)5-7-18(10)12-9-11(14(19)15(12)20)6-8-21(2,3)4/h7,9,13,15-17,22H,1,4,8,10H2,2-3,5-6H3,(H,18,19,21);9,11,13-14,16,20H,1,4,7-8H2,2-3,5-6H3,(H2,17,18);6,8,12,14-16,21-22H,1,3,7,9H2,2,4-5H3,(H,17,18,20);8,10,12-13,15,19-20H,1,3,6-7H2,2,4-5H3,(H2,16,17);6,8,10,12,14-15,19H,2-3,7,9H2,1,4-5H3,(H2,16,17);5,7,9,12,14-15,19-20H,1-2,6,8H2,3-4H3,(H2,16,17)/t13-,15-,16-,17-;11-,13-,14-,16-;12-,14-,15-,16-;10-,12-,13-,15-;10-,12-,14+,15-;12-,14-,15+/m111111/s1. The van der Waals surface area contributed by atoms with Crippen LogP contribution in [0.4, 0.5) is 0 Å². The lowest BCUT2D eigenvalue weighted by Crippen LogP contribution is -2.43. The molecule has 19 N–H and O–H groups in total. The zero-order chi connectivity index (χ0) is 104. The van der Waals surface area contributed by atoms with Crippen molar-refractivity contribution in [3.63, 3.8) is 0 Å². The van der Waals surface area contributed by atoms with Crippen molar-refractivity contribution in [3.8, 4) is 0 Å². The first-order valence-electron chi connectivity index (χ1n) is 45.3. The van der Waals surface area contributed by atoms with Gasteiger partial charge in [0.1, 0.15) is 126 Å². The molecule has 138 heavy (non-hydrogen) atoms. The predicted molar refractivity (Wildman–Crippen MR) is 574 cm³/mol. The van der Waals surface area contributed by atoms with Gasteiger partial charge in [0.25, 0.3) is 0 Å². The summed E-state index contributed by atoms with van der Waals surface area (Å²) >= 11 is 0. The number of nitrogens with zero attached hydrogens (tertiary/aromatic N) is 12. The molecule has 0 aromatic heterocycles. The van der Waals surface area contributed by atoms with Crippen molar-refractivity contribution in [3.05, 3.63) is 159 Å². The van der Waals surface area contributed by atoms with E-state index in [0.29, 0.717) is 82.6 Å². The number of hydrogen-bond donors (Lipinski definition) is 15. The molecule has 12 aliphatic rings. The van der Waals surface area contributed by atoms with E-state index >= 15 is 0 Å². The maximum atomic E-state index is 11.1. The minimum atomic E-state index is -1.23. The highest BCUT2D eigenvalue weighted by atomic mass is 31.2. The molecular weight excluding hydrogens is 1890 g/mol. The number of aliphatic hydroxyl groups excluding tert-OH is 9. The summed E-state index contributed by atoms with van der Waals surface area (Å²) in [6.45, 7) is 46.7. The van der Waals surface area contributed by atoms with Crippen LogP contribution in [0.1, 0.15) is 59.3 Å². The summed E-state index contributed by atoms with van der Waals surface area (Å²) in [5.41, 5.74) is 23.7. The van der Waals surface area contributed by atoms with Gasteiger partial charge >= 0.3 is 0 Å². The summed E-state index contributed by atoms with van der Waals surface area (Å²) in [6, 6.07) is -0.359. The highest BCUT2D eigenvalue weighted by molar-refractivity contribution is 7.73. The predicted octanol–water partition coefficient (Wildman–Crippen LogP) is 4.61. The number of ether oxygens (including phenoxy) is 9. The van der Waals surface area contributed by atoms with Crippen LogP contribution in [-0.2, 0) is 52.2 Å². The van der Waals surface area contributed by atoms with Crippen LogP contribution in [0, 0.1) is 5.92 Å². The van der Waals surface area contributed by atoms with Crippen LogP contribution >= 0.6 is 41.3 Å². The fraction of sp³-hybridized carbons (Fsp3) is 0.574. The topological polar surface area (TPSA) is 521 Å². The molecule has 12 rings (SSSR count).